The third kappa shape index (κ3) is 3.89. The minimum Gasteiger partial charge on any atom is -0.207 e. The Kier molecular flexibility index (Phi) is 5.73. The van der Waals surface area contributed by atoms with E-state index in [1.54, 1.807) is 0 Å². The van der Waals surface area contributed by atoms with Gasteiger partial charge in [-0.25, -0.2) is 8.78 Å². The average molecular weight is 404 g/mol. The topological polar surface area (TPSA) is 0 Å². The largest absolute Gasteiger partial charge is 0.207 e. The monoisotopic (exact) mass is 402 g/mol. The SMILES string of the molecule is Fc1ccc(Br)c(F)c1CCCC(Br)c1ccccc1. The molecule has 0 radical (unpaired) electrons. The van der Waals surface area contributed by atoms with Crippen molar-refractivity contribution < 1.29 is 8.78 Å². The first-order valence-electron chi connectivity index (χ1n) is 6.41. The highest BCUT2D eigenvalue weighted by molar-refractivity contribution is 9.10. The van der Waals surface area contributed by atoms with E-state index in [0.29, 0.717) is 10.9 Å². The maximum absolute atomic E-state index is 13.8. The van der Waals surface area contributed by atoms with Crippen molar-refractivity contribution in [2.24, 2.45) is 0 Å². The Morgan fingerprint density at radius 1 is 1.00 bits per heavy atom. The zero-order valence-electron chi connectivity index (χ0n) is 10.8. The van der Waals surface area contributed by atoms with Crippen LogP contribution in [0.4, 0.5) is 8.78 Å². The van der Waals surface area contributed by atoms with Crippen molar-refractivity contribution in [1.82, 2.24) is 0 Å². The summed E-state index contributed by atoms with van der Waals surface area (Å²) in [6, 6.07) is 12.7. The van der Waals surface area contributed by atoms with Gasteiger partial charge in [-0.3, -0.25) is 0 Å². The summed E-state index contributed by atoms with van der Waals surface area (Å²) in [5.41, 5.74) is 1.34. The molecule has 0 amide bonds. The second kappa shape index (κ2) is 7.32. The van der Waals surface area contributed by atoms with Gasteiger partial charge >= 0.3 is 0 Å². The Morgan fingerprint density at radius 2 is 1.70 bits per heavy atom. The van der Waals surface area contributed by atoms with Crippen LogP contribution in [0.15, 0.2) is 46.9 Å². The number of hydrogen-bond donors (Lipinski definition) is 0. The summed E-state index contributed by atoms with van der Waals surface area (Å²) in [6.07, 6.45) is 1.94. The van der Waals surface area contributed by atoms with Gasteiger partial charge in [0.1, 0.15) is 11.6 Å². The lowest BCUT2D eigenvalue weighted by Crippen LogP contribution is -1.98. The zero-order valence-corrected chi connectivity index (χ0v) is 13.9. The zero-order chi connectivity index (χ0) is 14.5. The molecule has 0 saturated heterocycles. The summed E-state index contributed by atoms with van der Waals surface area (Å²) >= 11 is 6.70. The lowest BCUT2D eigenvalue weighted by atomic mass is 10.0. The Hall–Kier alpha value is -0.740. The highest BCUT2D eigenvalue weighted by atomic mass is 79.9. The first-order chi connectivity index (χ1) is 9.59. The van der Waals surface area contributed by atoms with E-state index < -0.39 is 11.6 Å². The van der Waals surface area contributed by atoms with Crippen molar-refractivity contribution >= 4 is 31.9 Å². The lowest BCUT2D eigenvalue weighted by molar-refractivity contribution is 0.542. The van der Waals surface area contributed by atoms with Crippen LogP contribution < -0.4 is 0 Å². The fourth-order valence-electron chi connectivity index (χ4n) is 2.08. The third-order valence-corrected chi connectivity index (χ3v) is 4.78. The molecule has 20 heavy (non-hydrogen) atoms. The second-order valence-electron chi connectivity index (χ2n) is 4.59. The molecule has 1 atom stereocenters. The highest BCUT2D eigenvalue weighted by Crippen LogP contribution is 2.29. The first kappa shape index (κ1) is 15.6. The summed E-state index contributed by atoms with van der Waals surface area (Å²) in [5, 5.41) is 0. The predicted octanol–water partition coefficient (Wildman–Crippen LogP) is 6.19. The molecule has 4 heteroatoms. The Bertz CT molecular complexity index is 570. The van der Waals surface area contributed by atoms with E-state index in [9.17, 15) is 8.78 Å². The van der Waals surface area contributed by atoms with Crippen molar-refractivity contribution in [3.8, 4) is 0 Å². The minimum atomic E-state index is -0.490. The Balaban J connectivity index is 1.95. The molecular formula is C16H14Br2F2. The summed E-state index contributed by atoms with van der Waals surface area (Å²) < 4.78 is 27.7. The molecule has 106 valence electrons. The van der Waals surface area contributed by atoms with E-state index in [2.05, 4.69) is 31.9 Å². The van der Waals surface area contributed by atoms with Gasteiger partial charge in [-0.05, 0) is 52.9 Å². The molecule has 0 aromatic heterocycles. The quantitative estimate of drug-likeness (QED) is 0.412. The molecule has 0 N–H and O–H groups in total. The first-order valence-corrected chi connectivity index (χ1v) is 8.12. The normalized spacial score (nSPS) is 12.4. The summed E-state index contributed by atoms with van der Waals surface area (Å²) in [7, 11) is 0. The van der Waals surface area contributed by atoms with Crippen LogP contribution in [-0.2, 0) is 6.42 Å². The van der Waals surface area contributed by atoms with Gasteiger partial charge in [-0.15, -0.1) is 0 Å². The van der Waals surface area contributed by atoms with Crippen LogP contribution in [0.25, 0.3) is 0 Å². The van der Waals surface area contributed by atoms with E-state index in [-0.39, 0.29) is 10.4 Å². The maximum atomic E-state index is 13.8. The molecule has 0 aliphatic carbocycles. The van der Waals surface area contributed by atoms with Gasteiger partial charge < -0.3 is 0 Å². The lowest BCUT2D eigenvalue weighted by Gasteiger charge is -2.11. The molecule has 0 bridgehead atoms. The number of halogens is 4. The third-order valence-electron chi connectivity index (χ3n) is 3.18. The molecule has 2 rings (SSSR count). The van der Waals surface area contributed by atoms with Gasteiger partial charge in [0, 0.05) is 10.4 Å². The smallest absolute Gasteiger partial charge is 0.143 e. The highest BCUT2D eigenvalue weighted by Gasteiger charge is 2.13. The van der Waals surface area contributed by atoms with E-state index in [1.807, 2.05) is 30.3 Å². The fraction of sp³-hybridized carbons (Fsp3) is 0.250. The molecule has 0 aliphatic heterocycles. The molecule has 0 heterocycles. The molecule has 0 spiro atoms. The van der Waals surface area contributed by atoms with E-state index in [4.69, 9.17) is 0 Å². The summed E-state index contributed by atoms with van der Waals surface area (Å²) in [4.78, 5) is 0.210. The minimum absolute atomic E-state index is 0.159. The molecule has 0 fully saturated rings. The van der Waals surface area contributed by atoms with Crippen LogP contribution in [0.2, 0.25) is 0 Å². The van der Waals surface area contributed by atoms with Crippen LogP contribution >= 0.6 is 31.9 Å². The van der Waals surface area contributed by atoms with Crippen molar-refractivity contribution in [3.05, 3.63) is 69.7 Å². The Morgan fingerprint density at radius 3 is 2.40 bits per heavy atom. The summed E-state index contributed by atoms with van der Waals surface area (Å²) in [5.74, 6) is -0.965. The number of benzene rings is 2. The van der Waals surface area contributed by atoms with E-state index in [0.717, 1.165) is 12.8 Å². The van der Waals surface area contributed by atoms with Crippen LogP contribution in [-0.4, -0.2) is 0 Å². The van der Waals surface area contributed by atoms with Gasteiger partial charge in [0.15, 0.2) is 0 Å². The van der Waals surface area contributed by atoms with Crippen LogP contribution in [0, 0.1) is 11.6 Å². The molecule has 0 saturated carbocycles. The number of rotatable bonds is 5. The maximum Gasteiger partial charge on any atom is 0.143 e. The van der Waals surface area contributed by atoms with Gasteiger partial charge in [0.05, 0.1) is 4.47 Å². The van der Waals surface area contributed by atoms with Gasteiger partial charge in [-0.1, -0.05) is 46.3 Å². The second-order valence-corrected chi connectivity index (χ2v) is 6.55. The van der Waals surface area contributed by atoms with Gasteiger partial charge in [-0.2, -0.15) is 0 Å². The van der Waals surface area contributed by atoms with Crippen LogP contribution in [0.5, 0.6) is 0 Å². The number of alkyl halides is 1. The van der Waals surface area contributed by atoms with Crippen molar-refractivity contribution in [2.75, 3.05) is 0 Å². The molecule has 2 aromatic carbocycles. The fourth-order valence-corrected chi connectivity index (χ4v) is 3.09. The van der Waals surface area contributed by atoms with E-state index >= 15 is 0 Å². The van der Waals surface area contributed by atoms with Crippen LogP contribution in [0.3, 0.4) is 0 Å². The standard InChI is InChI=1S/C16H14Br2F2/c17-13(11-5-2-1-3-6-11)8-4-7-12-15(19)10-9-14(18)16(12)20/h1-3,5-6,9-10,13H,4,7-8H2. The van der Waals surface area contributed by atoms with Crippen molar-refractivity contribution in [3.63, 3.8) is 0 Å². The predicted molar refractivity (Wildman–Crippen MR) is 85.1 cm³/mol. The molecular weight excluding hydrogens is 390 g/mol. The molecule has 1 unspecified atom stereocenters. The van der Waals surface area contributed by atoms with Crippen LogP contribution in [0.1, 0.15) is 28.8 Å². The molecule has 0 nitrogen and oxygen atoms in total. The molecule has 0 aliphatic rings. The van der Waals surface area contributed by atoms with E-state index in [1.165, 1.54) is 17.7 Å². The number of hydrogen-bond acceptors (Lipinski definition) is 0. The molecule has 2 aromatic rings. The summed E-state index contributed by atoms with van der Waals surface area (Å²) in [6.45, 7) is 0. The Labute approximate surface area is 134 Å². The average Bonchev–Trinajstić information content (AvgIpc) is 2.47. The van der Waals surface area contributed by atoms with Crippen molar-refractivity contribution in [2.45, 2.75) is 24.1 Å². The van der Waals surface area contributed by atoms with Crippen molar-refractivity contribution in [1.29, 1.82) is 0 Å². The van der Waals surface area contributed by atoms with Gasteiger partial charge in [0.25, 0.3) is 0 Å². The van der Waals surface area contributed by atoms with Gasteiger partial charge in [0.2, 0.25) is 0 Å².